The highest BCUT2D eigenvalue weighted by Gasteiger charge is 2.35. The van der Waals surface area contributed by atoms with Crippen molar-refractivity contribution < 1.29 is 19.0 Å². The number of methoxy groups -OCH3 is 1. The van der Waals surface area contributed by atoms with Gasteiger partial charge in [-0.1, -0.05) is 6.08 Å². The van der Waals surface area contributed by atoms with Gasteiger partial charge in [0, 0.05) is 37.6 Å². The van der Waals surface area contributed by atoms with Crippen molar-refractivity contribution in [3.63, 3.8) is 0 Å². The number of ether oxygens (including phenoxy) is 1. The van der Waals surface area contributed by atoms with Gasteiger partial charge in [0.25, 0.3) is 0 Å². The quantitative estimate of drug-likeness (QED) is 0.822. The minimum absolute atomic E-state index is 0.0444. The summed E-state index contributed by atoms with van der Waals surface area (Å²) in [5, 5.41) is 12.9. The lowest BCUT2D eigenvalue weighted by atomic mass is 9.96. The van der Waals surface area contributed by atoms with Gasteiger partial charge in [0.1, 0.15) is 11.4 Å². The summed E-state index contributed by atoms with van der Waals surface area (Å²) in [6.45, 7) is 2.50. The van der Waals surface area contributed by atoms with Crippen molar-refractivity contribution in [3.05, 3.63) is 51.2 Å². The molecular formula is C21H22FN3O4. The van der Waals surface area contributed by atoms with Gasteiger partial charge in [-0.3, -0.25) is 4.79 Å². The summed E-state index contributed by atoms with van der Waals surface area (Å²) < 4.78 is 22.9. The summed E-state index contributed by atoms with van der Waals surface area (Å²) in [5.74, 6) is -1.58. The maximum absolute atomic E-state index is 15.4. The van der Waals surface area contributed by atoms with E-state index >= 15 is 4.39 Å². The highest BCUT2D eigenvalue weighted by Crippen LogP contribution is 2.44. The van der Waals surface area contributed by atoms with Crippen LogP contribution in [0.2, 0.25) is 0 Å². The van der Waals surface area contributed by atoms with Gasteiger partial charge in [-0.2, -0.15) is 0 Å². The average molecular weight is 399 g/mol. The fraction of sp³-hybridized carbons (Fsp3) is 0.429. The lowest BCUT2D eigenvalue weighted by molar-refractivity contribution is 0.0695. The molecule has 5 rings (SSSR count). The summed E-state index contributed by atoms with van der Waals surface area (Å²) in [6.07, 6.45) is 6.17. The molecule has 8 heteroatoms. The average Bonchev–Trinajstić information content (AvgIpc) is 3.43. The zero-order valence-corrected chi connectivity index (χ0v) is 16.1. The largest absolute Gasteiger partial charge is 0.494 e. The minimum Gasteiger partial charge on any atom is -0.494 e. The third-order valence-corrected chi connectivity index (χ3v) is 6.07. The number of aromatic carboxylic acids is 1. The SMILES string of the molecule is COc1c(C2NCCN3CCC=C23)c(F)cc2c(=O)c(C(=O)O)cn(C3CC3)c12. The molecular weight excluding hydrogens is 377 g/mol. The summed E-state index contributed by atoms with van der Waals surface area (Å²) in [4.78, 5) is 26.6. The molecule has 1 aromatic heterocycles. The number of carboxylic acid groups (broad SMARTS) is 1. The zero-order valence-electron chi connectivity index (χ0n) is 16.1. The lowest BCUT2D eigenvalue weighted by Gasteiger charge is -2.36. The molecule has 0 bridgehead atoms. The van der Waals surface area contributed by atoms with E-state index in [1.165, 1.54) is 19.4 Å². The molecule has 0 amide bonds. The monoisotopic (exact) mass is 399 g/mol. The summed E-state index contributed by atoms with van der Waals surface area (Å²) in [7, 11) is 1.47. The van der Waals surface area contributed by atoms with E-state index in [9.17, 15) is 14.7 Å². The molecule has 2 N–H and O–H groups in total. The fourth-order valence-corrected chi connectivity index (χ4v) is 4.60. The first-order valence-corrected chi connectivity index (χ1v) is 9.88. The number of rotatable bonds is 4. The van der Waals surface area contributed by atoms with Crippen LogP contribution in [0, 0.1) is 5.82 Å². The van der Waals surface area contributed by atoms with Crippen molar-refractivity contribution in [2.75, 3.05) is 26.7 Å². The van der Waals surface area contributed by atoms with Gasteiger partial charge in [0.05, 0.1) is 29.6 Å². The Kier molecular flexibility index (Phi) is 4.13. The predicted octanol–water partition coefficient (Wildman–Crippen LogP) is 2.42. The molecule has 0 spiro atoms. The van der Waals surface area contributed by atoms with E-state index in [0.29, 0.717) is 16.8 Å². The molecule has 1 aromatic carbocycles. The van der Waals surface area contributed by atoms with Crippen molar-refractivity contribution in [1.82, 2.24) is 14.8 Å². The Morgan fingerprint density at radius 3 is 2.83 bits per heavy atom. The molecule has 2 aliphatic heterocycles. The maximum atomic E-state index is 15.4. The Morgan fingerprint density at radius 2 is 2.14 bits per heavy atom. The molecule has 1 saturated carbocycles. The van der Waals surface area contributed by atoms with Crippen LogP contribution in [0.5, 0.6) is 5.75 Å². The first-order valence-electron chi connectivity index (χ1n) is 9.88. The number of hydrogen-bond donors (Lipinski definition) is 2. The van der Waals surface area contributed by atoms with E-state index in [0.717, 1.165) is 44.6 Å². The molecule has 152 valence electrons. The van der Waals surface area contributed by atoms with Gasteiger partial charge in [-0.25, -0.2) is 9.18 Å². The van der Waals surface area contributed by atoms with Gasteiger partial charge in [-0.05, 0) is 25.3 Å². The van der Waals surface area contributed by atoms with Crippen LogP contribution in [0.15, 0.2) is 28.8 Å². The Bertz CT molecular complexity index is 1120. The molecule has 1 aliphatic carbocycles. The van der Waals surface area contributed by atoms with Gasteiger partial charge in [0.2, 0.25) is 5.43 Å². The molecule has 1 unspecified atom stereocenters. The smallest absolute Gasteiger partial charge is 0.341 e. The van der Waals surface area contributed by atoms with Crippen LogP contribution >= 0.6 is 0 Å². The number of piperazine rings is 1. The van der Waals surface area contributed by atoms with Crippen LogP contribution in [0.1, 0.15) is 47.3 Å². The molecule has 7 nitrogen and oxygen atoms in total. The molecule has 1 saturated heterocycles. The topological polar surface area (TPSA) is 83.8 Å². The van der Waals surface area contributed by atoms with E-state index in [1.54, 1.807) is 4.57 Å². The lowest BCUT2D eigenvalue weighted by Crippen LogP contribution is -2.42. The highest BCUT2D eigenvalue weighted by atomic mass is 19.1. The van der Waals surface area contributed by atoms with Gasteiger partial charge >= 0.3 is 5.97 Å². The first-order chi connectivity index (χ1) is 14.0. The van der Waals surface area contributed by atoms with E-state index in [-0.39, 0.29) is 23.0 Å². The summed E-state index contributed by atoms with van der Waals surface area (Å²) >= 11 is 0. The third kappa shape index (κ3) is 2.73. The van der Waals surface area contributed by atoms with Crippen LogP contribution < -0.4 is 15.5 Å². The minimum atomic E-state index is -1.31. The van der Waals surface area contributed by atoms with Crippen molar-refractivity contribution in [2.24, 2.45) is 0 Å². The number of hydrogen-bond acceptors (Lipinski definition) is 5. The number of halogens is 1. The number of nitrogens with one attached hydrogen (secondary N) is 1. The second-order valence-electron chi connectivity index (χ2n) is 7.81. The number of pyridine rings is 1. The standard InChI is InChI=1S/C21H22FN3O4/c1-29-20-16(17-15-3-2-7-24(15)8-6-23-17)14(22)9-12-18(20)25(11-4-5-11)10-13(19(12)26)21(27)28/h3,9-11,17,23H,2,4-8H2,1H3,(H,27,28). The third-order valence-electron chi connectivity index (χ3n) is 6.07. The second kappa shape index (κ2) is 6.59. The highest BCUT2D eigenvalue weighted by molar-refractivity contribution is 5.95. The van der Waals surface area contributed by atoms with Crippen LogP contribution in [-0.4, -0.2) is 47.3 Å². The Hall–Kier alpha value is -2.87. The number of nitrogens with zero attached hydrogens (tertiary/aromatic N) is 2. The van der Waals surface area contributed by atoms with Crippen molar-refractivity contribution >= 4 is 16.9 Å². The number of carbonyl (C=O) groups is 1. The molecule has 2 aromatic rings. The molecule has 0 radical (unpaired) electrons. The number of aromatic nitrogens is 1. The van der Waals surface area contributed by atoms with E-state index in [2.05, 4.69) is 16.3 Å². The van der Waals surface area contributed by atoms with Crippen molar-refractivity contribution in [1.29, 1.82) is 0 Å². The summed E-state index contributed by atoms with van der Waals surface area (Å²) in [6, 6.07) is 0.897. The van der Waals surface area contributed by atoms with Gasteiger partial charge in [-0.15, -0.1) is 0 Å². The van der Waals surface area contributed by atoms with Crippen molar-refractivity contribution in [2.45, 2.75) is 31.3 Å². The van der Waals surface area contributed by atoms with Gasteiger partial charge in [0.15, 0.2) is 5.75 Å². The maximum Gasteiger partial charge on any atom is 0.341 e. The number of carboxylic acids is 1. The van der Waals surface area contributed by atoms with E-state index in [4.69, 9.17) is 4.74 Å². The fourth-order valence-electron chi connectivity index (χ4n) is 4.60. The Morgan fingerprint density at radius 1 is 1.34 bits per heavy atom. The molecule has 3 aliphatic rings. The molecule has 2 fully saturated rings. The van der Waals surface area contributed by atoms with Crippen molar-refractivity contribution in [3.8, 4) is 5.75 Å². The second-order valence-corrected chi connectivity index (χ2v) is 7.81. The normalized spacial score (nSPS) is 21.2. The van der Waals surface area contributed by atoms with E-state index in [1.807, 2.05) is 0 Å². The Balaban J connectivity index is 1.82. The van der Waals surface area contributed by atoms with E-state index < -0.39 is 17.2 Å². The predicted molar refractivity (Wildman–Crippen MR) is 105 cm³/mol. The number of fused-ring (bicyclic) bond motifs is 2. The molecule has 1 atom stereocenters. The van der Waals surface area contributed by atoms with Crippen LogP contribution in [-0.2, 0) is 0 Å². The van der Waals surface area contributed by atoms with Gasteiger partial charge < -0.3 is 24.6 Å². The summed E-state index contributed by atoms with van der Waals surface area (Å²) in [5.41, 5.74) is 0.828. The Labute approximate surface area is 166 Å². The molecule has 29 heavy (non-hydrogen) atoms. The first kappa shape index (κ1) is 18.2. The number of benzene rings is 1. The van der Waals surface area contributed by atoms with Crippen LogP contribution in [0.3, 0.4) is 0 Å². The molecule has 3 heterocycles. The van der Waals surface area contributed by atoms with Crippen LogP contribution in [0.4, 0.5) is 4.39 Å². The van der Waals surface area contributed by atoms with Crippen LogP contribution in [0.25, 0.3) is 10.9 Å². The zero-order chi connectivity index (χ0) is 20.3.